The number of hydrogen-bond acceptors (Lipinski definition) is 3. The Bertz CT molecular complexity index is 306. The van der Waals surface area contributed by atoms with Gasteiger partial charge in [0.2, 0.25) is 0 Å². The van der Waals surface area contributed by atoms with Crippen LogP contribution in [0.2, 0.25) is 0 Å². The number of esters is 1. The second kappa shape index (κ2) is 6.06. The van der Waals surface area contributed by atoms with Gasteiger partial charge in [-0.2, -0.15) is 0 Å². The van der Waals surface area contributed by atoms with Gasteiger partial charge in [-0.05, 0) is 24.1 Å². The van der Waals surface area contributed by atoms with E-state index in [4.69, 9.17) is 0 Å². The molecule has 3 heteroatoms. The van der Waals surface area contributed by atoms with E-state index in [1.807, 2.05) is 12.1 Å². The summed E-state index contributed by atoms with van der Waals surface area (Å²) in [5.41, 5.74) is 2.27. The minimum atomic E-state index is -0.257. The summed E-state index contributed by atoms with van der Waals surface area (Å²) in [6, 6.07) is 8.11. The van der Waals surface area contributed by atoms with Crippen LogP contribution in [0.4, 0.5) is 5.69 Å². The van der Waals surface area contributed by atoms with E-state index in [1.54, 1.807) is 0 Å². The third kappa shape index (κ3) is 4.02. The Morgan fingerprint density at radius 2 is 2.00 bits per heavy atom. The summed E-state index contributed by atoms with van der Waals surface area (Å²) in [6.07, 6.45) is 2.24. The number of hydrogen-bond donors (Lipinski definition) is 1. The zero-order valence-corrected chi connectivity index (χ0v) is 9.25. The summed E-state index contributed by atoms with van der Waals surface area (Å²) in [5, 5.41) is 2.99. The molecule has 3 nitrogen and oxygen atoms in total. The van der Waals surface area contributed by atoms with Crippen molar-refractivity contribution < 1.29 is 9.53 Å². The molecular formula is C12H17NO2. The third-order valence-corrected chi connectivity index (χ3v) is 2.16. The summed E-state index contributed by atoms with van der Waals surface area (Å²) in [6.45, 7) is 2.37. The number of methoxy groups -OCH3 is 1. The second-order valence-corrected chi connectivity index (χ2v) is 3.38. The summed E-state index contributed by atoms with van der Waals surface area (Å²) in [7, 11) is 1.38. The number of anilines is 1. The molecule has 0 aliphatic rings. The maximum atomic E-state index is 10.9. The molecule has 0 saturated carbocycles. The highest BCUT2D eigenvalue weighted by atomic mass is 16.5. The highest BCUT2D eigenvalue weighted by Gasteiger charge is 1.99. The molecule has 0 unspecified atom stereocenters. The third-order valence-electron chi connectivity index (χ3n) is 2.16. The van der Waals surface area contributed by atoms with Crippen LogP contribution in [0.25, 0.3) is 0 Å². The largest absolute Gasteiger partial charge is 0.468 e. The lowest BCUT2D eigenvalue weighted by molar-refractivity contribution is -0.138. The molecule has 0 spiro atoms. The Balaban J connectivity index is 2.45. The van der Waals surface area contributed by atoms with Crippen LogP contribution in [-0.2, 0) is 16.0 Å². The Kier molecular flexibility index (Phi) is 4.68. The normalized spacial score (nSPS) is 9.73. The first-order valence-corrected chi connectivity index (χ1v) is 5.16. The molecule has 0 heterocycles. The van der Waals surface area contributed by atoms with E-state index in [0.29, 0.717) is 0 Å². The number of benzene rings is 1. The average Bonchev–Trinajstić information content (AvgIpc) is 2.28. The molecule has 15 heavy (non-hydrogen) atoms. The number of nitrogens with one attached hydrogen (secondary N) is 1. The van der Waals surface area contributed by atoms with Gasteiger partial charge in [0.1, 0.15) is 6.54 Å². The van der Waals surface area contributed by atoms with Crippen molar-refractivity contribution in [3.8, 4) is 0 Å². The minimum absolute atomic E-state index is 0.212. The lowest BCUT2D eigenvalue weighted by Gasteiger charge is -2.05. The van der Waals surface area contributed by atoms with E-state index >= 15 is 0 Å². The summed E-state index contributed by atoms with van der Waals surface area (Å²) in [5.74, 6) is -0.257. The maximum absolute atomic E-state index is 10.9. The fourth-order valence-electron chi connectivity index (χ4n) is 1.32. The van der Waals surface area contributed by atoms with Crippen LogP contribution < -0.4 is 5.32 Å². The Hall–Kier alpha value is -1.51. The minimum Gasteiger partial charge on any atom is -0.468 e. The van der Waals surface area contributed by atoms with Gasteiger partial charge in [-0.1, -0.05) is 25.5 Å². The van der Waals surface area contributed by atoms with Crippen molar-refractivity contribution >= 4 is 11.7 Å². The monoisotopic (exact) mass is 207 g/mol. The van der Waals surface area contributed by atoms with Crippen LogP contribution in [0.5, 0.6) is 0 Å². The van der Waals surface area contributed by atoms with Crippen molar-refractivity contribution in [2.75, 3.05) is 19.0 Å². The van der Waals surface area contributed by atoms with Gasteiger partial charge in [-0.25, -0.2) is 0 Å². The van der Waals surface area contributed by atoms with Gasteiger partial charge in [0.05, 0.1) is 7.11 Å². The molecular weight excluding hydrogens is 190 g/mol. The molecule has 0 saturated heterocycles. The lowest BCUT2D eigenvalue weighted by atomic mass is 10.1. The van der Waals surface area contributed by atoms with Crippen LogP contribution in [0.1, 0.15) is 18.9 Å². The van der Waals surface area contributed by atoms with Gasteiger partial charge in [0.15, 0.2) is 0 Å². The molecule has 1 N–H and O–H groups in total. The molecule has 1 rings (SSSR count). The van der Waals surface area contributed by atoms with E-state index in [1.165, 1.54) is 12.7 Å². The van der Waals surface area contributed by atoms with E-state index in [0.717, 1.165) is 18.5 Å². The fraction of sp³-hybridized carbons (Fsp3) is 0.417. The molecule has 0 aliphatic heterocycles. The standard InChI is InChI=1S/C12H17NO2/c1-3-4-10-5-7-11(8-6-10)13-9-12(14)15-2/h5-8,13H,3-4,9H2,1-2H3. The van der Waals surface area contributed by atoms with Crippen LogP contribution in [0.15, 0.2) is 24.3 Å². The predicted molar refractivity (Wildman–Crippen MR) is 60.9 cm³/mol. The molecule has 0 radical (unpaired) electrons. The zero-order valence-electron chi connectivity index (χ0n) is 9.25. The molecule has 0 amide bonds. The van der Waals surface area contributed by atoms with Crippen molar-refractivity contribution in [3.05, 3.63) is 29.8 Å². The Morgan fingerprint density at radius 3 is 2.53 bits per heavy atom. The highest BCUT2D eigenvalue weighted by molar-refractivity contribution is 5.74. The zero-order chi connectivity index (χ0) is 11.1. The van der Waals surface area contributed by atoms with Crippen LogP contribution in [0, 0.1) is 0 Å². The number of ether oxygens (including phenoxy) is 1. The first-order chi connectivity index (χ1) is 7.26. The van der Waals surface area contributed by atoms with Crippen LogP contribution in [-0.4, -0.2) is 19.6 Å². The molecule has 0 fully saturated rings. The number of aryl methyl sites for hydroxylation is 1. The Labute approximate surface area is 90.4 Å². The van der Waals surface area contributed by atoms with Gasteiger partial charge in [-0.3, -0.25) is 4.79 Å². The fourth-order valence-corrected chi connectivity index (χ4v) is 1.32. The second-order valence-electron chi connectivity index (χ2n) is 3.38. The van der Waals surface area contributed by atoms with Gasteiger partial charge in [0.25, 0.3) is 0 Å². The smallest absolute Gasteiger partial charge is 0.325 e. The van der Waals surface area contributed by atoms with Crippen molar-refractivity contribution in [2.45, 2.75) is 19.8 Å². The van der Waals surface area contributed by atoms with Gasteiger partial charge >= 0.3 is 5.97 Å². The molecule has 0 aliphatic carbocycles. The van der Waals surface area contributed by atoms with Crippen molar-refractivity contribution in [1.29, 1.82) is 0 Å². The quantitative estimate of drug-likeness (QED) is 0.752. The molecule has 1 aromatic rings. The summed E-state index contributed by atoms with van der Waals surface area (Å²) in [4.78, 5) is 10.9. The van der Waals surface area contributed by atoms with Gasteiger partial charge in [0, 0.05) is 5.69 Å². The van der Waals surface area contributed by atoms with Crippen LogP contribution >= 0.6 is 0 Å². The Morgan fingerprint density at radius 1 is 1.33 bits per heavy atom. The van der Waals surface area contributed by atoms with E-state index in [9.17, 15) is 4.79 Å². The number of carbonyl (C=O) groups is 1. The molecule has 0 bridgehead atoms. The predicted octanol–water partition coefficient (Wildman–Crippen LogP) is 2.22. The number of carbonyl (C=O) groups excluding carboxylic acids is 1. The topological polar surface area (TPSA) is 38.3 Å². The SMILES string of the molecule is CCCc1ccc(NCC(=O)OC)cc1. The van der Waals surface area contributed by atoms with Crippen LogP contribution in [0.3, 0.4) is 0 Å². The maximum Gasteiger partial charge on any atom is 0.325 e. The summed E-state index contributed by atoms with van der Waals surface area (Å²) >= 11 is 0. The van der Waals surface area contributed by atoms with E-state index in [2.05, 4.69) is 29.1 Å². The molecule has 0 aromatic heterocycles. The van der Waals surface area contributed by atoms with Crippen molar-refractivity contribution in [1.82, 2.24) is 0 Å². The average molecular weight is 207 g/mol. The first-order valence-electron chi connectivity index (χ1n) is 5.16. The van der Waals surface area contributed by atoms with Gasteiger partial charge in [-0.15, -0.1) is 0 Å². The molecule has 0 atom stereocenters. The van der Waals surface area contributed by atoms with E-state index in [-0.39, 0.29) is 12.5 Å². The molecule has 1 aromatic carbocycles. The first kappa shape index (κ1) is 11.6. The van der Waals surface area contributed by atoms with Crippen molar-refractivity contribution in [2.24, 2.45) is 0 Å². The number of rotatable bonds is 5. The highest BCUT2D eigenvalue weighted by Crippen LogP contribution is 2.10. The van der Waals surface area contributed by atoms with E-state index < -0.39 is 0 Å². The van der Waals surface area contributed by atoms with Gasteiger partial charge < -0.3 is 10.1 Å². The molecule has 82 valence electrons. The lowest BCUT2D eigenvalue weighted by Crippen LogP contribution is -2.14. The van der Waals surface area contributed by atoms with Crippen molar-refractivity contribution in [3.63, 3.8) is 0 Å². The summed E-state index contributed by atoms with van der Waals surface area (Å²) < 4.78 is 4.53.